The number of cyclic esters (lactones) is 1. The van der Waals surface area contributed by atoms with Crippen LogP contribution in [0.25, 0.3) is 0 Å². The lowest BCUT2D eigenvalue weighted by Crippen LogP contribution is -2.39. The second kappa shape index (κ2) is 3.87. The third-order valence-electron chi connectivity index (χ3n) is 3.18. The molecule has 0 N–H and O–H groups in total. The number of hydrogen-bond donors (Lipinski definition) is 0. The van der Waals surface area contributed by atoms with Gasteiger partial charge in [0, 0.05) is 0 Å². The van der Waals surface area contributed by atoms with Crippen molar-refractivity contribution in [2.45, 2.75) is 39.7 Å². The van der Waals surface area contributed by atoms with Gasteiger partial charge in [-0.25, -0.2) is 4.79 Å². The molecular weight excluding hydrogens is 192 g/mol. The molecule has 0 fully saturated rings. The third-order valence-corrected chi connectivity index (χ3v) is 3.18. The van der Waals surface area contributed by atoms with Gasteiger partial charge in [-0.05, 0) is 18.8 Å². The Balaban J connectivity index is 2.30. The molecule has 0 aliphatic carbocycles. The summed E-state index contributed by atoms with van der Waals surface area (Å²) < 4.78 is 11.1. The summed E-state index contributed by atoms with van der Waals surface area (Å²) in [4.78, 5) is 11.7. The van der Waals surface area contributed by atoms with Gasteiger partial charge in [0.05, 0.1) is 18.1 Å². The number of carbonyl (C=O) groups is 1. The van der Waals surface area contributed by atoms with Gasteiger partial charge in [-0.15, -0.1) is 0 Å². The van der Waals surface area contributed by atoms with Crippen LogP contribution in [0.1, 0.15) is 33.6 Å². The van der Waals surface area contributed by atoms with E-state index in [0.29, 0.717) is 5.92 Å². The first-order valence-corrected chi connectivity index (χ1v) is 5.68. The van der Waals surface area contributed by atoms with Crippen molar-refractivity contribution >= 4 is 5.97 Å². The third kappa shape index (κ3) is 1.75. The van der Waals surface area contributed by atoms with Gasteiger partial charge < -0.3 is 9.47 Å². The predicted molar refractivity (Wildman–Crippen MR) is 56.1 cm³/mol. The minimum Gasteiger partial charge on any atom is -0.497 e. The SMILES string of the molecule is CC(C)[C@@H]1OC(=O)C2=C(OCCC2)[C@@H]1C. The fourth-order valence-corrected chi connectivity index (χ4v) is 2.41. The van der Waals surface area contributed by atoms with E-state index < -0.39 is 0 Å². The molecule has 2 atom stereocenters. The summed E-state index contributed by atoms with van der Waals surface area (Å²) in [6.07, 6.45) is 1.70. The summed E-state index contributed by atoms with van der Waals surface area (Å²) in [5.74, 6) is 1.26. The van der Waals surface area contributed by atoms with E-state index in [2.05, 4.69) is 20.8 Å². The van der Waals surface area contributed by atoms with Crippen LogP contribution in [0.5, 0.6) is 0 Å². The molecule has 0 aromatic heterocycles. The minimum absolute atomic E-state index is 0.0330. The minimum atomic E-state index is -0.165. The number of esters is 1. The van der Waals surface area contributed by atoms with Crippen molar-refractivity contribution in [3.05, 3.63) is 11.3 Å². The van der Waals surface area contributed by atoms with E-state index in [1.54, 1.807) is 0 Å². The van der Waals surface area contributed by atoms with E-state index in [9.17, 15) is 4.79 Å². The zero-order valence-electron chi connectivity index (χ0n) is 9.58. The monoisotopic (exact) mass is 210 g/mol. The van der Waals surface area contributed by atoms with Crippen molar-refractivity contribution < 1.29 is 14.3 Å². The molecule has 0 unspecified atom stereocenters. The Morgan fingerprint density at radius 2 is 2.13 bits per heavy atom. The van der Waals surface area contributed by atoms with Crippen LogP contribution in [-0.2, 0) is 14.3 Å². The van der Waals surface area contributed by atoms with Crippen molar-refractivity contribution in [1.82, 2.24) is 0 Å². The molecule has 3 heteroatoms. The van der Waals surface area contributed by atoms with Gasteiger partial charge in [-0.3, -0.25) is 0 Å². The van der Waals surface area contributed by atoms with Crippen molar-refractivity contribution in [3.8, 4) is 0 Å². The van der Waals surface area contributed by atoms with Gasteiger partial charge in [-0.2, -0.15) is 0 Å². The summed E-state index contributed by atoms with van der Waals surface area (Å²) in [6, 6.07) is 0. The normalized spacial score (nSPS) is 31.1. The molecule has 0 saturated carbocycles. The molecule has 0 spiro atoms. The first kappa shape index (κ1) is 10.5. The fraction of sp³-hybridized carbons (Fsp3) is 0.750. The van der Waals surface area contributed by atoms with Gasteiger partial charge in [0.1, 0.15) is 11.9 Å². The maximum Gasteiger partial charge on any atom is 0.337 e. The molecule has 3 nitrogen and oxygen atoms in total. The van der Waals surface area contributed by atoms with E-state index in [4.69, 9.17) is 9.47 Å². The van der Waals surface area contributed by atoms with E-state index in [1.165, 1.54) is 0 Å². The van der Waals surface area contributed by atoms with Gasteiger partial charge in [-0.1, -0.05) is 20.8 Å². The van der Waals surface area contributed by atoms with Crippen LogP contribution in [0.2, 0.25) is 0 Å². The molecular formula is C12H18O3. The molecule has 0 aromatic carbocycles. The zero-order chi connectivity index (χ0) is 11.0. The lowest BCUT2D eigenvalue weighted by molar-refractivity contribution is -0.154. The number of hydrogen-bond acceptors (Lipinski definition) is 3. The van der Waals surface area contributed by atoms with Crippen molar-refractivity contribution in [3.63, 3.8) is 0 Å². The second-order valence-electron chi connectivity index (χ2n) is 4.70. The lowest BCUT2D eigenvalue weighted by Gasteiger charge is -2.36. The number of ether oxygens (including phenoxy) is 2. The number of rotatable bonds is 1. The molecule has 0 aromatic rings. The lowest BCUT2D eigenvalue weighted by atomic mass is 9.87. The van der Waals surface area contributed by atoms with Crippen LogP contribution in [0.15, 0.2) is 11.3 Å². The molecule has 2 aliphatic rings. The summed E-state index contributed by atoms with van der Waals surface area (Å²) in [7, 11) is 0. The summed E-state index contributed by atoms with van der Waals surface area (Å²) >= 11 is 0. The average Bonchev–Trinajstić information content (AvgIpc) is 2.23. The van der Waals surface area contributed by atoms with Gasteiger partial charge in [0.15, 0.2) is 0 Å². The molecule has 0 bridgehead atoms. The quantitative estimate of drug-likeness (QED) is 0.623. The summed E-state index contributed by atoms with van der Waals surface area (Å²) in [6.45, 7) is 6.96. The van der Waals surface area contributed by atoms with Crippen LogP contribution in [0, 0.1) is 11.8 Å². The van der Waals surface area contributed by atoms with E-state index >= 15 is 0 Å². The predicted octanol–water partition coefficient (Wildman–Crippen LogP) is 2.27. The Morgan fingerprint density at radius 1 is 1.40 bits per heavy atom. The Kier molecular flexibility index (Phi) is 2.72. The van der Waals surface area contributed by atoms with Gasteiger partial charge >= 0.3 is 5.97 Å². The first-order chi connectivity index (χ1) is 7.11. The molecule has 84 valence electrons. The second-order valence-corrected chi connectivity index (χ2v) is 4.70. The van der Waals surface area contributed by atoms with E-state index in [-0.39, 0.29) is 18.0 Å². The Labute approximate surface area is 90.4 Å². The highest BCUT2D eigenvalue weighted by Crippen LogP contribution is 2.36. The zero-order valence-corrected chi connectivity index (χ0v) is 9.58. The Morgan fingerprint density at radius 3 is 2.80 bits per heavy atom. The Bertz CT molecular complexity index is 304. The van der Waals surface area contributed by atoms with Gasteiger partial charge in [0.25, 0.3) is 0 Å². The molecule has 2 aliphatic heterocycles. The molecule has 0 amide bonds. The molecule has 15 heavy (non-hydrogen) atoms. The molecule has 0 saturated heterocycles. The molecule has 2 rings (SSSR count). The van der Waals surface area contributed by atoms with E-state index in [1.807, 2.05) is 0 Å². The van der Waals surface area contributed by atoms with Crippen molar-refractivity contribution in [2.75, 3.05) is 6.61 Å². The van der Waals surface area contributed by atoms with Crippen LogP contribution in [-0.4, -0.2) is 18.7 Å². The van der Waals surface area contributed by atoms with Crippen LogP contribution >= 0.6 is 0 Å². The average molecular weight is 210 g/mol. The highest BCUT2D eigenvalue weighted by atomic mass is 16.6. The van der Waals surface area contributed by atoms with Crippen molar-refractivity contribution in [1.29, 1.82) is 0 Å². The Hall–Kier alpha value is -0.990. The summed E-state index contributed by atoms with van der Waals surface area (Å²) in [5.41, 5.74) is 0.769. The molecule has 0 radical (unpaired) electrons. The standard InChI is InChI=1S/C12H18O3/c1-7(2)10-8(3)11-9(12(13)15-10)5-4-6-14-11/h7-8,10H,4-6H2,1-3H3/t8-,10+/m1/s1. The van der Waals surface area contributed by atoms with Gasteiger partial charge in [0.2, 0.25) is 0 Å². The molecule has 2 heterocycles. The van der Waals surface area contributed by atoms with Crippen LogP contribution in [0.3, 0.4) is 0 Å². The fourth-order valence-electron chi connectivity index (χ4n) is 2.41. The van der Waals surface area contributed by atoms with Crippen LogP contribution in [0.4, 0.5) is 0 Å². The first-order valence-electron chi connectivity index (χ1n) is 5.68. The topological polar surface area (TPSA) is 35.5 Å². The maximum atomic E-state index is 11.7. The highest BCUT2D eigenvalue weighted by Gasteiger charge is 2.38. The number of carbonyl (C=O) groups excluding carboxylic acids is 1. The largest absolute Gasteiger partial charge is 0.497 e. The highest BCUT2D eigenvalue weighted by molar-refractivity contribution is 5.90. The van der Waals surface area contributed by atoms with Crippen molar-refractivity contribution in [2.24, 2.45) is 11.8 Å². The maximum absolute atomic E-state index is 11.7. The smallest absolute Gasteiger partial charge is 0.337 e. The van der Waals surface area contributed by atoms with Crippen LogP contribution < -0.4 is 0 Å². The van der Waals surface area contributed by atoms with E-state index in [0.717, 1.165) is 30.8 Å². The summed E-state index contributed by atoms with van der Waals surface area (Å²) in [5, 5.41) is 0.